The van der Waals surface area contributed by atoms with Crippen molar-refractivity contribution in [3.8, 4) is 17.1 Å². The van der Waals surface area contributed by atoms with Crippen LogP contribution in [0.4, 0.5) is 0 Å². The molecule has 0 spiro atoms. The zero-order chi connectivity index (χ0) is 11.5. The molecule has 0 aliphatic heterocycles. The Balaban J connectivity index is 2.54. The van der Waals surface area contributed by atoms with Crippen LogP contribution in [0.1, 0.15) is 5.69 Å². The lowest BCUT2D eigenvalue weighted by atomic mass is 10.2. The highest BCUT2D eigenvalue weighted by Gasteiger charge is 2.11. The van der Waals surface area contributed by atoms with E-state index in [9.17, 15) is 0 Å². The number of rotatable bonds is 3. The fourth-order valence-electron chi connectivity index (χ4n) is 1.67. The maximum atomic E-state index is 9.11. The molecule has 0 saturated carbocycles. The Labute approximate surface area is 94.1 Å². The molecular weight excluding hydrogens is 204 g/mol. The normalized spacial score (nSPS) is 10.4. The predicted octanol–water partition coefficient (Wildman–Crippen LogP) is 1.59. The van der Waals surface area contributed by atoms with E-state index in [4.69, 9.17) is 9.84 Å². The van der Waals surface area contributed by atoms with Gasteiger partial charge in [0.25, 0.3) is 0 Å². The number of hydrogen-bond acceptors (Lipinski definition) is 3. The van der Waals surface area contributed by atoms with Gasteiger partial charge in [0.15, 0.2) is 0 Å². The molecular formula is C12H14N2O2. The van der Waals surface area contributed by atoms with E-state index in [1.165, 1.54) is 0 Å². The minimum atomic E-state index is -0.0152. The minimum Gasteiger partial charge on any atom is -0.496 e. The molecule has 0 saturated heterocycles. The van der Waals surface area contributed by atoms with Gasteiger partial charge >= 0.3 is 0 Å². The molecule has 0 bridgehead atoms. The van der Waals surface area contributed by atoms with Crippen molar-refractivity contribution in [2.45, 2.75) is 6.61 Å². The van der Waals surface area contributed by atoms with Crippen LogP contribution in [0.3, 0.4) is 0 Å². The molecule has 0 aliphatic carbocycles. The topological polar surface area (TPSA) is 47.3 Å². The van der Waals surface area contributed by atoms with Gasteiger partial charge in [0.05, 0.1) is 31.2 Å². The van der Waals surface area contributed by atoms with Crippen LogP contribution in [0, 0.1) is 0 Å². The van der Waals surface area contributed by atoms with E-state index in [-0.39, 0.29) is 6.61 Å². The molecule has 0 aliphatic rings. The van der Waals surface area contributed by atoms with Crippen LogP contribution < -0.4 is 4.74 Å². The van der Waals surface area contributed by atoms with Crippen molar-refractivity contribution >= 4 is 0 Å². The zero-order valence-electron chi connectivity index (χ0n) is 9.34. The number of imidazole rings is 1. The Bertz CT molecular complexity index is 492. The van der Waals surface area contributed by atoms with Gasteiger partial charge in [-0.3, -0.25) is 0 Å². The first-order valence-electron chi connectivity index (χ1n) is 5.02. The van der Waals surface area contributed by atoms with Gasteiger partial charge in [-0.25, -0.2) is 4.98 Å². The number of ether oxygens (including phenoxy) is 1. The summed E-state index contributed by atoms with van der Waals surface area (Å²) < 4.78 is 7.14. The van der Waals surface area contributed by atoms with Crippen LogP contribution in [0.2, 0.25) is 0 Å². The summed E-state index contributed by atoms with van der Waals surface area (Å²) in [5.41, 5.74) is 1.70. The number of aliphatic hydroxyl groups is 1. The van der Waals surface area contributed by atoms with E-state index in [0.717, 1.165) is 22.8 Å². The van der Waals surface area contributed by atoms with Gasteiger partial charge in [-0.15, -0.1) is 0 Å². The van der Waals surface area contributed by atoms with Gasteiger partial charge in [0.1, 0.15) is 11.6 Å². The number of benzene rings is 1. The molecule has 0 atom stereocenters. The summed E-state index contributed by atoms with van der Waals surface area (Å²) in [6, 6.07) is 7.69. The van der Waals surface area contributed by atoms with Crippen LogP contribution in [-0.2, 0) is 13.7 Å². The fourth-order valence-corrected chi connectivity index (χ4v) is 1.67. The molecule has 0 radical (unpaired) electrons. The van der Waals surface area contributed by atoms with E-state index in [2.05, 4.69) is 4.98 Å². The first kappa shape index (κ1) is 10.7. The summed E-state index contributed by atoms with van der Waals surface area (Å²) in [4.78, 5) is 4.29. The number of hydrogen-bond donors (Lipinski definition) is 1. The summed E-state index contributed by atoms with van der Waals surface area (Å²) in [5.74, 6) is 1.57. The molecule has 84 valence electrons. The molecule has 0 fully saturated rings. The summed E-state index contributed by atoms with van der Waals surface area (Å²) in [6.07, 6.45) is 1.67. The Kier molecular flexibility index (Phi) is 2.92. The van der Waals surface area contributed by atoms with E-state index >= 15 is 0 Å². The van der Waals surface area contributed by atoms with Crippen molar-refractivity contribution in [3.05, 3.63) is 36.2 Å². The molecule has 0 unspecified atom stereocenters. The van der Waals surface area contributed by atoms with Gasteiger partial charge in [-0.05, 0) is 12.1 Å². The molecule has 4 heteroatoms. The molecule has 2 aromatic rings. The third kappa shape index (κ3) is 1.67. The largest absolute Gasteiger partial charge is 0.496 e. The maximum Gasteiger partial charge on any atom is 0.143 e. The first-order chi connectivity index (χ1) is 7.77. The SMILES string of the molecule is COc1ccccc1-c1ncc(CO)n1C. The van der Waals surface area contributed by atoms with E-state index in [1.54, 1.807) is 13.3 Å². The lowest BCUT2D eigenvalue weighted by molar-refractivity contribution is 0.273. The van der Waals surface area contributed by atoms with Crippen molar-refractivity contribution in [2.24, 2.45) is 7.05 Å². The first-order valence-corrected chi connectivity index (χ1v) is 5.02. The number of nitrogens with zero attached hydrogens (tertiary/aromatic N) is 2. The Morgan fingerprint density at radius 2 is 2.12 bits per heavy atom. The lowest BCUT2D eigenvalue weighted by Crippen LogP contribution is -1.99. The van der Waals surface area contributed by atoms with Crippen molar-refractivity contribution in [2.75, 3.05) is 7.11 Å². The van der Waals surface area contributed by atoms with Crippen molar-refractivity contribution in [1.82, 2.24) is 9.55 Å². The standard InChI is InChI=1S/C12H14N2O2/c1-14-9(8-15)7-13-12(14)10-5-3-4-6-11(10)16-2/h3-7,15H,8H2,1-2H3. The Morgan fingerprint density at radius 3 is 2.75 bits per heavy atom. The number of aliphatic hydroxyl groups excluding tert-OH is 1. The van der Waals surface area contributed by atoms with Crippen molar-refractivity contribution < 1.29 is 9.84 Å². The highest BCUT2D eigenvalue weighted by molar-refractivity contribution is 5.64. The summed E-state index contributed by atoms with van der Waals surface area (Å²) in [7, 11) is 3.51. The third-order valence-electron chi connectivity index (χ3n) is 2.59. The molecule has 1 N–H and O–H groups in total. The second-order valence-electron chi connectivity index (χ2n) is 3.49. The van der Waals surface area contributed by atoms with E-state index in [0.29, 0.717) is 0 Å². The zero-order valence-corrected chi connectivity index (χ0v) is 9.34. The molecule has 0 amide bonds. The van der Waals surface area contributed by atoms with Gasteiger partial charge in [0, 0.05) is 7.05 Å². The monoisotopic (exact) mass is 218 g/mol. The Hall–Kier alpha value is -1.81. The minimum absolute atomic E-state index is 0.0152. The van der Waals surface area contributed by atoms with Crippen molar-refractivity contribution in [1.29, 1.82) is 0 Å². The fraction of sp³-hybridized carbons (Fsp3) is 0.250. The van der Waals surface area contributed by atoms with Gasteiger partial charge in [-0.2, -0.15) is 0 Å². The van der Waals surface area contributed by atoms with E-state index in [1.807, 2.05) is 35.9 Å². The number of methoxy groups -OCH3 is 1. The average molecular weight is 218 g/mol. The third-order valence-corrected chi connectivity index (χ3v) is 2.59. The molecule has 1 heterocycles. The molecule has 4 nitrogen and oxygen atoms in total. The molecule has 1 aromatic heterocycles. The lowest BCUT2D eigenvalue weighted by Gasteiger charge is -2.08. The second kappa shape index (κ2) is 4.37. The second-order valence-corrected chi connectivity index (χ2v) is 3.49. The van der Waals surface area contributed by atoms with Gasteiger partial charge < -0.3 is 14.4 Å². The Morgan fingerprint density at radius 1 is 1.38 bits per heavy atom. The van der Waals surface area contributed by atoms with Crippen LogP contribution in [0.25, 0.3) is 11.4 Å². The van der Waals surface area contributed by atoms with Crippen LogP contribution >= 0.6 is 0 Å². The van der Waals surface area contributed by atoms with Gasteiger partial charge in [-0.1, -0.05) is 12.1 Å². The van der Waals surface area contributed by atoms with Crippen LogP contribution in [-0.4, -0.2) is 21.8 Å². The maximum absolute atomic E-state index is 9.11. The highest BCUT2D eigenvalue weighted by Crippen LogP contribution is 2.28. The van der Waals surface area contributed by atoms with Crippen LogP contribution in [0.5, 0.6) is 5.75 Å². The van der Waals surface area contributed by atoms with Gasteiger partial charge in [0.2, 0.25) is 0 Å². The van der Waals surface area contributed by atoms with E-state index < -0.39 is 0 Å². The quantitative estimate of drug-likeness (QED) is 0.851. The van der Waals surface area contributed by atoms with Crippen molar-refractivity contribution in [3.63, 3.8) is 0 Å². The molecule has 2 rings (SSSR count). The average Bonchev–Trinajstić information content (AvgIpc) is 2.70. The predicted molar refractivity (Wildman–Crippen MR) is 61.1 cm³/mol. The highest BCUT2D eigenvalue weighted by atomic mass is 16.5. The molecule has 16 heavy (non-hydrogen) atoms. The summed E-state index contributed by atoms with van der Waals surface area (Å²) >= 11 is 0. The number of aromatic nitrogens is 2. The number of para-hydroxylation sites is 1. The summed E-state index contributed by atoms with van der Waals surface area (Å²) in [6.45, 7) is -0.0152. The molecule has 1 aromatic carbocycles. The smallest absolute Gasteiger partial charge is 0.143 e. The summed E-state index contributed by atoms with van der Waals surface area (Å²) in [5, 5.41) is 9.11. The van der Waals surface area contributed by atoms with Crippen LogP contribution in [0.15, 0.2) is 30.5 Å².